The van der Waals surface area contributed by atoms with Crippen LogP contribution in [0.2, 0.25) is 0 Å². The minimum atomic E-state index is -3.41. The summed E-state index contributed by atoms with van der Waals surface area (Å²) in [6.45, 7) is 2.70. The highest BCUT2D eigenvalue weighted by atomic mass is 32.2. The largest absolute Gasteiger partial charge is 0.382 e. The molecule has 3 heterocycles. The van der Waals surface area contributed by atoms with Crippen LogP contribution in [0.1, 0.15) is 12.8 Å². The minimum absolute atomic E-state index is 0.164. The summed E-state index contributed by atoms with van der Waals surface area (Å²) in [6, 6.07) is 6.59. The highest BCUT2D eigenvalue weighted by Gasteiger charge is 2.33. The van der Waals surface area contributed by atoms with Crippen molar-refractivity contribution in [2.45, 2.75) is 18.9 Å². The van der Waals surface area contributed by atoms with E-state index in [0.29, 0.717) is 57.8 Å². The zero-order valence-electron chi connectivity index (χ0n) is 15.0. The van der Waals surface area contributed by atoms with E-state index in [0.717, 1.165) is 11.1 Å². The van der Waals surface area contributed by atoms with E-state index < -0.39 is 10.2 Å². The third kappa shape index (κ3) is 3.91. The molecule has 1 N–H and O–H groups in total. The maximum atomic E-state index is 13.4. The van der Waals surface area contributed by atoms with Gasteiger partial charge in [0.05, 0.1) is 18.7 Å². The monoisotopic (exact) mass is 394 g/mol. The normalized spacial score (nSPS) is 20.8. The van der Waals surface area contributed by atoms with E-state index in [4.69, 9.17) is 4.74 Å². The number of nitrogens with one attached hydrogen (secondary N) is 1. The van der Waals surface area contributed by atoms with Gasteiger partial charge >= 0.3 is 0 Å². The number of ether oxygens (including phenoxy) is 1. The van der Waals surface area contributed by atoms with Crippen molar-refractivity contribution in [3.05, 3.63) is 36.3 Å². The molecule has 0 bridgehead atoms. The topological polar surface area (TPSA) is 74.8 Å². The van der Waals surface area contributed by atoms with Crippen molar-refractivity contribution in [1.29, 1.82) is 0 Å². The van der Waals surface area contributed by atoms with Gasteiger partial charge in [-0.3, -0.25) is 4.98 Å². The Morgan fingerprint density at radius 1 is 1.07 bits per heavy atom. The van der Waals surface area contributed by atoms with E-state index in [-0.39, 0.29) is 11.9 Å². The van der Waals surface area contributed by atoms with E-state index in [2.05, 4.69) is 10.3 Å². The second-order valence-electron chi connectivity index (χ2n) is 6.86. The second-order valence-corrected chi connectivity index (χ2v) is 8.79. The Bertz CT molecular complexity index is 910. The van der Waals surface area contributed by atoms with Gasteiger partial charge in [0, 0.05) is 55.6 Å². The lowest BCUT2D eigenvalue weighted by Crippen LogP contribution is -2.51. The Morgan fingerprint density at radius 2 is 1.78 bits per heavy atom. The molecule has 2 saturated heterocycles. The number of benzene rings is 1. The zero-order chi connectivity index (χ0) is 18.9. The fourth-order valence-corrected chi connectivity index (χ4v) is 5.25. The predicted octanol–water partition coefficient (Wildman–Crippen LogP) is 1.83. The van der Waals surface area contributed by atoms with Crippen molar-refractivity contribution in [1.82, 2.24) is 13.6 Å². The summed E-state index contributed by atoms with van der Waals surface area (Å²) in [5, 5.41) is 4.34. The lowest BCUT2D eigenvalue weighted by Gasteiger charge is -2.36. The number of aromatic nitrogens is 1. The van der Waals surface area contributed by atoms with Crippen molar-refractivity contribution < 1.29 is 17.5 Å². The van der Waals surface area contributed by atoms with Crippen LogP contribution in [-0.4, -0.2) is 67.4 Å². The van der Waals surface area contributed by atoms with E-state index in [1.807, 2.05) is 6.07 Å². The molecular formula is C18H23FN4O3S. The molecule has 2 fully saturated rings. The predicted molar refractivity (Wildman–Crippen MR) is 101 cm³/mol. The van der Waals surface area contributed by atoms with Crippen LogP contribution in [0.5, 0.6) is 0 Å². The molecule has 9 heteroatoms. The SMILES string of the molecule is O=S(=O)(N1CCOCC1)N1CCC(Nc2ccnc3cc(F)ccc23)CC1. The summed E-state index contributed by atoms with van der Waals surface area (Å²) in [4.78, 5) is 4.21. The molecule has 7 nitrogen and oxygen atoms in total. The van der Waals surface area contributed by atoms with E-state index >= 15 is 0 Å². The summed E-state index contributed by atoms with van der Waals surface area (Å²) in [7, 11) is -3.41. The number of anilines is 1. The number of piperidine rings is 1. The Balaban J connectivity index is 1.41. The molecule has 0 saturated carbocycles. The first-order valence-electron chi connectivity index (χ1n) is 9.18. The summed E-state index contributed by atoms with van der Waals surface area (Å²) in [6.07, 6.45) is 3.09. The van der Waals surface area contributed by atoms with Crippen molar-refractivity contribution >= 4 is 26.8 Å². The Labute approximate surface area is 158 Å². The summed E-state index contributed by atoms with van der Waals surface area (Å²) in [5.74, 6) is -0.311. The van der Waals surface area contributed by atoms with Gasteiger partial charge in [-0.15, -0.1) is 0 Å². The molecular weight excluding hydrogens is 371 g/mol. The number of pyridine rings is 1. The smallest absolute Gasteiger partial charge is 0.282 e. The third-order valence-corrected chi connectivity index (χ3v) is 7.18. The molecule has 2 aliphatic rings. The fourth-order valence-electron chi connectivity index (χ4n) is 3.64. The van der Waals surface area contributed by atoms with Gasteiger partial charge in [0.1, 0.15) is 5.82 Å². The molecule has 0 amide bonds. The molecule has 0 aliphatic carbocycles. The average Bonchev–Trinajstić information content (AvgIpc) is 2.69. The molecule has 0 radical (unpaired) electrons. The summed E-state index contributed by atoms with van der Waals surface area (Å²) < 4.78 is 47.2. The summed E-state index contributed by atoms with van der Waals surface area (Å²) in [5.41, 5.74) is 1.50. The molecule has 2 aromatic rings. The van der Waals surface area contributed by atoms with Gasteiger partial charge in [-0.1, -0.05) is 0 Å². The quantitative estimate of drug-likeness (QED) is 0.856. The van der Waals surface area contributed by atoms with Crippen molar-refractivity contribution in [3.8, 4) is 0 Å². The Kier molecular flexibility index (Phi) is 5.27. The molecule has 0 unspecified atom stereocenters. The first-order chi connectivity index (χ1) is 13.0. The second kappa shape index (κ2) is 7.67. The van der Waals surface area contributed by atoms with Gasteiger partial charge in [0.2, 0.25) is 0 Å². The van der Waals surface area contributed by atoms with E-state index in [9.17, 15) is 12.8 Å². The first kappa shape index (κ1) is 18.5. The minimum Gasteiger partial charge on any atom is -0.382 e. The number of rotatable bonds is 4. The van der Waals surface area contributed by atoms with Crippen LogP contribution in [0.15, 0.2) is 30.5 Å². The van der Waals surface area contributed by atoms with Gasteiger partial charge in [0.25, 0.3) is 10.2 Å². The maximum Gasteiger partial charge on any atom is 0.282 e. The number of morpholine rings is 1. The van der Waals surface area contributed by atoms with Crippen LogP contribution in [0.3, 0.4) is 0 Å². The lowest BCUT2D eigenvalue weighted by atomic mass is 10.1. The van der Waals surface area contributed by atoms with Crippen LogP contribution in [0.25, 0.3) is 10.9 Å². The van der Waals surface area contributed by atoms with Crippen LogP contribution < -0.4 is 5.32 Å². The van der Waals surface area contributed by atoms with Crippen LogP contribution in [-0.2, 0) is 14.9 Å². The highest BCUT2D eigenvalue weighted by molar-refractivity contribution is 7.86. The number of fused-ring (bicyclic) bond motifs is 1. The van der Waals surface area contributed by atoms with Crippen LogP contribution in [0, 0.1) is 5.82 Å². The van der Waals surface area contributed by atoms with Crippen molar-refractivity contribution in [2.75, 3.05) is 44.7 Å². The molecule has 4 rings (SSSR count). The average molecular weight is 394 g/mol. The number of hydrogen-bond donors (Lipinski definition) is 1. The van der Waals surface area contributed by atoms with Gasteiger partial charge in [-0.25, -0.2) is 4.39 Å². The number of halogens is 1. The third-order valence-electron chi connectivity index (χ3n) is 5.14. The Morgan fingerprint density at radius 3 is 2.52 bits per heavy atom. The first-order valence-corrected chi connectivity index (χ1v) is 10.6. The molecule has 27 heavy (non-hydrogen) atoms. The highest BCUT2D eigenvalue weighted by Crippen LogP contribution is 2.26. The number of nitrogens with zero attached hydrogens (tertiary/aromatic N) is 3. The fraction of sp³-hybridized carbons (Fsp3) is 0.500. The molecule has 1 aromatic heterocycles. The molecule has 2 aliphatic heterocycles. The molecule has 0 atom stereocenters. The summed E-state index contributed by atoms with van der Waals surface area (Å²) >= 11 is 0. The number of hydrogen-bond acceptors (Lipinski definition) is 5. The van der Waals surface area contributed by atoms with Crippen LogP contribution >= 0.6 is 0 Å². The maximum absolute atomic E-state index is 13.4. The van der Waals surface area contributed by atoms with Gasteiger partial charge in [0.15, 0.2) is 0 Å². The van der Waals surface area contributed by atoms with E-state index in [1.54, 1.807) is 16.6 Å². The van der Waals surface area contributed by atoms with Crippen LogP contribution in [0.4, 0.5) is 10.1 Å². The standard InChI is InChI=1S/C18H23FN4O3S/c19-14-1-2-16-17(3-6-20-18(16)13-14)21-15-4-7-22(8-5-15)27(24,25)23-9-11-26-12-10-23/h1-3,6,13,15H,4-5,7-12H2,(H,20,21). The molecule has 146 valence electrons. The molecule has 0 spiro atoms. The Hall–Kier alpha value is -1.81. The van der Waals surface area contributed by atoms with Gasteiger partial charge in [-0.2, -0.15) is 17.0 Å². The zero-order valence-corrected chi connectivity index (χ0v) is 15.8. The van der Waals surface area contributed by atoms with Gasteiger partial charge in [-0.05, 0) is 31.0 Å². The van der Waals surface area contributed by atoms with Gasteiger partial charge < -0.3 is 10.1 Å². The van der Waals surface area contributed by atoms with Crippen molar-refractivity contribution in [2.24, 2.45) is 0 Å². The molecule has 1 aromatic carbocycles. The van der Waals surface area contributed by atoms with E-state index in [1.165, 1.54) is 16.4 Å². The lowest BCUT2D eigenvalue weighted by molar-refractivity contribution is 0.0697. The van der Waals surface area contributed by atoms with Crippen molar-refractivity contribution in [3.63, 3.8) is 0 Å².